The highest BCUT2D eigenvalue weighted by atomic mass is 79.9. The number of piperidine rings is 1. The van der Waals surface area contributed by atoms with Crippen molar-refractivity contribution >= 4 is 39.5 Å². The van der Waals surface area contributed by atoms with E-state index in [-0.39, 0.29) is 23.5 Å². The Morgan fingerprint density at radius 3 is 2.54 bits per heavy atom. The summed E-state index contributed by atoms with van der Waals surface area (Å²) in [7, 11) is 0. The number of benzene rings is 1. The number of nitrogens with zero attached hydrogens (tertiary/aromatic N) is 3. The Morgan fingerprint density at radius 1 is 1.19 bits per heavy atom. The molecule has 8 heteroatoms. The number of hydrogen-bond acceptors (Lipinski definition) is 5. The van der Waals surface area contributed by atoms with Gasteiger partial charge in [-0.25, -0.2) is 9.97 Å². The van der Waals surface area contributed by atoms with Crippen molar-refractivity contribution in [1.82, 2.24) is 14.9 Å². The second-order valence-corrected chi connectivity index (χ2v) is 7.94. The molecule has 6 nitrogen and oxygen atoms in total. The molecule has 2 heterocycles. The Hall–Kier alpha value is -1.93. The normalized spacial score (nSPS) is 15.0. The van der Waals surface area contributed by atoms with Crippen molar-refractivity contribution in [3.63, 3.8) is 0 Å². The Morgan fingerprint density at radius 2 is 1.88 bits per heavy atom. The highest BCUT2D eigenvalue weighted by molar-refractivity contribution is 9.10. The molecule has 2 N–H and O–H groups in total. The summed E-state index contributed by atoms with van der Waals surface area (Å²) >= 11 is 4.74. The SMILES string of the molecule is NC(=O)C1CCN(C(=O)CSc2nccc(-c3ccc(Br)cc3)n2)CC1. The smallest absolute Gasteiger partial charge is 0.233 e. The van der Waals surface area contributed by atoms with Crippen LogP contribution in [0.5, 0.6) is 0 Å². The molecule has 0 unspecified atom stereocenters. The summed E-state index contributed by atoms with van der Waals surface area (Å²) in [6.07, 6.45) is 2.98. The van der Waals surface area contributed by atoms with Crippen LogP contribution in [0.15, 0.2) is 46.2 Å². The van der Waals surface area contributed by atoms with Crippen molar-refractivity contribution < 1.29 is 9.59 Å². The van der Waals surface area contributed by atoms with Crippen molar-refractivity contribution in [1.29, 1.82) is 0 Å². The lowest BCUT2D eigenvalue weighted by molar-refractivity contribution is -0.132. The lowest BCUT2D eigenvalue weighted by Crippen LogP contribution is -2.42. The van der Waals surface area contributed by atoms with Crippen LogP contribution in [0.3, 0.4) is 0 Å². The number of halogens is 1. The molecule has 0 spiro atoms. The molecular formula is C18H19BrN4O2S. The molecule has 1 aromatic carbocycles. The minimum Gasteiger partial charge on any atom is -0.369 e. The van der Waals surface area contributed by atoms with Gasteiger partial charge >= 0.3 is 0 Å². The van der Waals surface area contributed by atoms with E-state index in [0.717, 1.165) is 15.7 Å². The fourth-order valence-corrected chi connectivity index (χ4v) is 3.82. The maximum atomic E-state index is 12.4. The summed E-state index contributed by atoms with van der Waals surface area (Å²) in [5.41, 5.74) is 7.15. The van der Waals surface area contributed by atoms with E-state index < -0.39 is 0 Å². The van der Waals surface area contributed by atoms with Crippen LogP contribution in [0.25, 0.3) is 11.3 Å². The van der Waals surface area contributed by atoms with Gasteiger partial charge in [-0.1, -0.05) is 39.8 Å². The maximum Gasteiger partial charge on any atom is 0.233 e. The van der Waals surface area contributed by atoms with Gasteiger partial charge in [-0.3, -0.25) is 9.59 Å². The van der Waals surface area contributed by atoms with Crippen LogP contribution in [-0.2, 0) is 9.59 Å². The molecule has 0 atom stereocenters. The second-order valence-electron chi connectivity index (χ2n) is 6.08. The third-order valence-electron chi connectivity index (χ3n) is 4.35. The zero-order valence-corrected chi connectivity index (χ0v) is 16.5. The molecule has 1 aliphatic heterocycles. The van der Waals surface area contributed by atoms with E-state index >= 15 is 0 Å². The Bertz CT molecular complexity index is 792. The molecule has 0 saturated carbocycles. The van der Waals surface area contributed by atoms with Crippen LogP contribution in [0.1, 0.15) is 12.8 Å². The number of carbonyl (C=O) groups excluding carboxylic acids is 2. The number of amides is 2. The zero-order chi connectivity index (χ0) is 18.5. The van der Waals surface area contributed by atoms with E-state index in [4.69, 9.17) is 5.73 Å². The molecule has 2 aromatic rings. The lowest BCUT2D eigenvalue weighted by Gasteiger charge is -2.30. The topological polar surface area (TPSA) is 89.2 Å². The molecule has 0 bridgehead atoms. The van der Waals surface area contributed by atoms with Crippen molar-refractivity contribution in [2.24, 2.45) is 11.7 Å². The average molecular weight is 435 g/mol. The van der Waals surface area contributed by atoms with Crippen LogP contribution in [0.2, 0.25) is 0 Å². The molecule has 0 radical (unpaired) electrons. The monoisotopic (exact) mass is 434 g/mol. The molecule has 3 rings (SSSR count). The number of thioether (sulfide) groups is 1. The average Bonchev–Trinajstić information content (AvgIpc) is 2.67. The van der Waals surface area contributed by atoms with Gasteiger partial charge in [-0.15, -0.1) is 0 Å². The van der Waals surface area contributed by atoms with Gasteiger partial charge in [0.2, 0.25) is 11.8 Å². The fourth-order valence-electron chi connectivity index (χ4n) is 2.82. The summed E-state index contributed by atoms with van der Waals surface area (Å²) in [5.74, 6) is -0.0665. The van der Waals surface area contributed by atoms with Gasteiger partial charge in [-0.05, 0) is 31.0 Å². The summed E-state index contributed by atoms with van der Waals surface area (Å²) in [6, 6.07) is 9.74. The first-order valence-electron chi connectivity index (χ1n) is 8.32. The highest BCUT2D eigenvalue weighted by Gasteiger charge is 2.25. The first kappa shape index (κ1) is 18.8. The number of carbonyl (C=O) groups is 2. The number of hydrogen-bond donors (Lipinski definition) is 1. The molecule has 1 saturated heterocycles. The van der Waals surface area contributed by atoms with E-state index in [1.165, 1.54) is 11.8 Å². The minimum absolute atomic E-state index is 0.0376. The second kappa shape index (κ2) is 8.64. The number of aromatic nitrogens is 2. The van der Waals surface area contributed by atoms with Gasteiger partial charge in [-0.2, -0.15) is 0 Å². The molecule has 1 aliphatic rings. The molecule has 2 amide bonds. The van der Waals surface area contributed by atoms with Crippen LogP contribution in [0.4, 0.5) is 0 Å². The van der Waals surface area contributed by atoms with E-state index in [1.54, 1.807) is 11.1 Å². The van der Waals surface area contributed by atoms with Crippen molar-refractivity contribution in [2.45, 2.75) is 18.0 Å². The quantitative estimate of drug-likeness (QED) is 0.576. The zero-order valence-electron chi connectivity index (χ0n) is 14.1. The number of likely N-dealkylation sites (tertiary alicyclic amines) is 1. The van der Waals surface area contributed by atoms with Crippen LogP contribution >= 0.6 is 27.7 Å². The van der Waals surface area contributed by atoms with Gasteiger partial charge in [0.05, 0.1) is 11.4 Å². The van der Waals surface area contributed by atoms with Crippen LogP contribution in [-0.4, -0.2) is 45.5 Å². The molecule has 26 heavy (non-hydrogen) atoms. The molecule has 136 valence electrons. The third kappa shape index (κ3) is 4.82. The van der Waals surface area contributed by atoms with E-state index in [2.05, 4.69) is 25.9 Å². The summed E-state index contributed by atoms with van der Waals surface area (Å²) in [5, 5.41) is 0.575. The number of rotatable bonds is 5. The van der Waals surface area contributed by atoms with Gasteiger partial charge in [0.1, 0.15) is 0 Å². The van der Waals surface area contributed by atoms with Gasteiger partial charge in [0, 0.05) is 35.2 Å². The third-order valence-corrected chi connectivity index (χ3v) is 5.72. The minimum atomic E-state index is -0.273. The molecule has 1 fully saturated rings. The first-order valence-corrected chi connectivity index (χ1v) is 10.1. The molecule has 0 aliphatic carbocycles. The summed E-state index contributed by atoms with van der Waals surface area (Å²) in [6.45, 7) is 1.15. The van der Waals surface area contributed by atoms with E-state index in [0.29, 0.717) is 31.1 Å². The van der Waals surface area contributed by atoms with Crippen molar-refractivity contribution in [2.75, 3.05) is 18.8 Å². The Kier molecular flexibility index (Phi) is 6.26. The number of primary amides is 1. The standard InChI is InChI=1S/C18H19BrN4O2S/c19-14-3-1-12(2-4-14)15-5-8-21-18(22-15)26-11-16(24)23-9-6-13(7-10-23)17(20)25/h1-5,8,13H,6-7,9-11H2,(H2,20,25). The van der Waals surface area contributed by atoms with Gasteiger partial charge < -0.3 is 10.6 Å². The Balaban J connectivity index is 1.56. The molecular weight excluding hydrogens is 416 g/mol. The maximum absolute atomic E-state index is 12.4. The first-order chi connectivity index (χ1) is 12.5. The predicted octanol–water partition coefficient (Wildman–Crippen LogP) is 2.72. The van der Waals surface area contributed by atoms with Crippen molar-refractivity contribution in [3.05, 3.63) is 41.0 Å². The molecule has 1 aromatic heterocycles. The van der Waals surface area contributed by atoms with Crippen LogP contribution in [0, 0.1) is 5.92 Å². The lowest BCUT2D eigenvalue weighted by atomic mass is 9.96. The highest BCUT2D eigenvalue weighted by Crippen LogP contribution is 2.23. The Labute approximate surface area is 164 Å². The summed E-state index contributed by atoms with van der Waals surface area (Å²) < 4.78 is 1.01. The van der Waals surface area contributed by atoms with E-state index in [1.807, 2.05) is 30.3 Å². The predicted molar refractivity (Wildman–Crippen MR) is 104 cm³/mol. The largest absolute Gasteiger partial charge is 0.369 e. The van der Waals surface area contributed by atoms with Gasteiger partial charge in [0.25, 0.3) is 0 Å². The fraction of sp³-hybridized carbons (Fsp3) is 0.333. The summed E-state index contributed by atoms with van der Waals surface area (Å²) in [4.78, 5) is 34.1. The number of nitrogens with two attached hydrogens (primary N) is 1. The van der Waals surface area contributed by atoms with Crippen LogP contribution < -0.4 is 5.73 Å². The van der Waals surface area contributed by atoms with Crippen molar-refractivity contribution in [3.8, 4) is 11.3 Å². The van der Waals surface area contributed by atoms with E-state index in [9.17, 15) is 9.59 Å². The van der Waals surface area contributed by atoms with Gasteiger partial charge in [0.15, 0.2) is 5.16 Å².